The normalized spacial score (nSPS) is 10.7. The van der Waals surface area contributed by atoms with Gasteiger partial charge in [0.1, 0.15) is 0 Å². The molecule has 4 aromatic rings. The average molecular weight is 478 g/mol. The Balaban J connectivity index is 1.55. The molecule has 0 atom stereocenters. The van der Waals surface area contributed by atoms with Gasteiger partial charge < -0.3 is 11.1 Å². The fourth-order valence-corrected chi connectivity index (χ4v) is 4.00. The van der Waals surface area contributed by atoms with E-state index in [1.807, 2.05) is 47.9 Å². The highest BCUT2D eigenvalue weighted by atomic mass is 35.5. The lowest BCUT2D eigenvalue weighted by atomic mass is 10.1. The molecule has 0 aliphatic carbocycles. The van der Waals surface area contributed by atoms with Crippen LogP contribution < -0.4 is 11.1 Å². The van der Waals surface area contributed by atoms with Crippen LogP contribution in [-0.4, -0.2) is 32.3 Å². The summed E-state index contributed by atoms with van der Waals surface area (Å²) in [7, 11) is 0. The smallest absolute Gasteiger partial charge is 0.248 e. The number of carbonyl (C=O) groups is 2. The number of thioether (sulfide) groups is 1. The number of primary amides is 1. The summed E-state index contributed by atoms with van der Waals surface area (Å²) in [6, 6.07) is 21.8. The van der Waals surface area contributed by atoms with Crippen molar-refractivity contribution in [2.24, 2.45) is 5.73 Å². The lowest BCUT2D eigenvalue weighted by Crippen LogP contribution is -2.15. The summed E-state index contributed by atoms with van der Waals surface area (Å²) in [5, 5.41) is 12.7. The molecule has 1 heterocycles. The Labute approximate surface area is 200 Å². The molecule has 166 valence electrons. The molecule has 7 nitrogen and oxygen atoms in total. The third kappa shape index (κ3) is 5.42. The van der Waals surface area contributed by atoms with Crippen molar-refractivity contribution in [3.8, 4) is 17.1 Å². The van der Waals surface area contributed by atoms with Gasteiger partial charge in [-0.1, -0.05) is 53.2 Å². The van der Waals surface area contributed by atoms with E-state index >= 15 is 0 Å². The SMILES string of the molecule is Cc1ccc(-c2nnc(SCC(=O)Nc3ccc(C(N)=O)cc3)n2-c2ccc(Cl)cc2)cc1. The molecule has 0 aliphatic heterocycles. The molecule has 4 rings (SSSR count). The van der Waals surface area contributed by atoms with Crippen molar-refractivity contribution >= 4 is 40.9 Å². The molecule has 33 heavy (non-hydrogen) atoms. The van der Waals surface area contributed by atoms with Gasteiger partial charge in [0.25, 0.3) is 0 Å². The number of benzene rings is 3. The van der Waals surface area contributed by atoms with Crippen LogP contribution in [0, 0.1) is 6.92 Å². The Hall–Kier alpha value is -3.62. The first-order valence-corrected chi connectivity index (χ1v) is 11.4. The second kappa shape index (κ2) is 9.89. The second-order valence-electron chi connectivity index (χ2n) is 7.26. The third-order valence-electron chi connectivity index (χ3n) is 4.81. The lowest BCUT2D eigenvalue weighted by Gasteiger charge is -2.11. The quantitative estimate of drug-likeness (QED) is 0.375. The van der Waals surface area contributed by atoms with Gasteiger partial charge in [0, 0.05) is 27.5 Å². The van der Waals surface area contributed by atoms with E-state index in [0.717, 1.165) is 16.8 Å². The second-order valence-corrected chi connectivity index (χ2v) is 8.64. The van der Waals surface area contributed by atoms with Crippen LogP contribution in [0.1, 0.15) is 15.9 Å². The van der Waals surface area contributed by atoms with E-state index in [0.29, 0.717) is 27.3 Å². The van der Waals surface area contributed by atoms with E-state index in [1.165, 1.54) is 11.8 Å². The number of nitrogens with one attached hydrogen (secondary N) is 1. The van der Waals surface area contributed by atoms with E-state index in [9.17, 15) is 9.59 Å². The van der Waals surface area contributed by atoms with Gasteiger partial charge in [-0.25, -0.2) is 0 Å². The molecule has 3 N–H and O–H groups in total. The maximum absolute atomic E-state index is 12.5. The van der Waals surface area contributed by atoms with Crippen LogP contribution in [-0.2, 0) is 4.79 Å². The van der Waals surface area contributed by atoms with Crippen molar-refractivity contribution in [2.75, 3.05) is 11.1 Å². The number of rotatable bonds is 7. The summed E-state index contributed by atoms with van der Waals surface area (Å²) < 4.78 is 1.90. The molecule has 0 saturated heterocycles. The van der Waals surface area contributed by atoms with Gasteiger partial charge in [-0.15, -0.1) is 10.2 Å². The molecule has 0 aliphatic rings. The predicted molar refractivity (Wildman–Crippen MR) is 131 cm³/mol. The van der Waals surface area contributed by atoms with Gasteiger partial charge in [0.2, 0.25) is 11.8 Å². The standard InChI is InChI=1S/C24H20ClN5O2S/c1-15-2-4-17(5-3-15)23-28-29-24(30(23)20-12-8-18(25)9-13-20)33-14-21(31)27-19-10-6-16(7-11-19)22(26)32/h2-13H,14H2,1H3,(H2,26,32)(H,27,31). The number of halogens is 1. The first-order valence-electron chi connectivity index (χ1n) is 10.0. The van der Waals surface area contributed by atoms with Crippen LogP contribution in [0.4, 0.5) is 5.69 Å². The maximum atomic E-state index is 12.5. The van der Waals surface area contributed by atoms with Crippen LogP contribution in [0.5, 0.6) is 0 Å². The summed E-state index contributed by atoms with van der Waals surface area (Å²) >= 11 is 7.34. The van der Waals surface area contributed by atoms with E-state index in [1.54, 1.807) is 36.4 Å². The van der Waals surface area contributed by atoms with Crippen molar-refractivity contribution in [2.45, 2.75) is 12.1 Å². The fraction of sp³-hybridized carbons (Fsp3) is 0.0833. The molecular weight excluding hydrogens is 458 g/mol. The topological polar surface area (TPSA) is 103 Å². The van der Waals surface area contributed by atoms with E-state index < -0.39 is 5.91 Å². The summed E-state index contributed by atoms with van der Waals surface area (Å²) in [5.41, 5.74) is 9.09. The number of aryl methyl sites for hydroxylation is 1. The number of hydrogen-bond acceptors (Lipinski definition) is 5. The van der Waals surface area contributed by atoms with Gasteiger partial charge in [-0.2, -0.15) is 0 Å². The van der Waals surface area contributed by atoms with Crippen molar-refractivity contribution in [1.82, 2.24) is 14.8 Å². The number of carbonyl (C=O) groups excluding carboxylic acids is 2. The molecule has 0 spiro atoms. The van der Waals surface area contributed by atoms with Gasteiger partial charge in [-0.3, -0.25) is 14.2 Å². The van der Waals surface area contributed by atoms with E-state index in [2.05, 4.69) is 15.5 Å². The zero-order valence-corrected chi connectivity index (χ0v) is 19.2. The minimum absolute atomic E-state index is 0.122. The van der Waals surface area contributed by atoms with Gasteiger partial charge in [0.05, 0.1) is 5.75 Å². The minimum Gasteiger partial charge on any atom is -0.366 e. The molecule has 1 aromatic heterocycles. The average Bonchev–Trinajstić information content (AvgIpc) is 3.23. The van der Waals surface area contributed by atoms with Crippen molar-refractivity contribution in [3.63, 3.8) is 0 Å². The maximum Gasteiger partial charge on any atom is 0.248 e. The van der Waals surface area contributed by atoms with Crippen LogP contribution in [0.25, 0.3) is 17.1 Å². The molecule has 0 bridgehead atoms. The fourth-order valence-electron chi connectivity index (χ4n) is 3.12. The zero-order valence-electron chi connectivity index (χ0n) is 17.7. The Bertz CT molecular complexity index is 1290. The number of aromatic nitrogens is 3. The molecule has 3 aromatic carbocycles. The third-order valence-corrected chi connectivity index (χ3v) is 5.99. The molecule has 2 amide bonds. The number of nitrogens with two attached hydrogens (primary N) is 1. The largest absolute Gasteiger partial charge is 0.366 e. The number of nitrogens with zero attached hydrogens (tertiary/aromatic N) is 3. The Kier molecular flexibility index (Phi) is 6.76. The first kappa shape index (κ1) is 22.6. The molecular formula is C24H20ClN5O2S. The predicted octanol–water partition coefficient (Wildman–Crippen LogP) is 4.73. The summed E-state index contributed by atoms with van der Waals surface area (Å²) in [6.07, 6.45) is 0. The van der Waals surface area contributed by atoms with Crippen LogP contribution in [0.2, 0.25) is 5.02 Å². The van der Waals surface area contributed by atoms with Crippen molar-refractivity contribution in [3.05, 3.63) is 88.9 Å². The molecule has 0 radical (unpaired) electrons. The van der Waals surface area contributed by atoms with E-state index in [-0.39, 0.29) is 11.7 Å². The molecule has 9 heteroatoms. The summed E-state index contributed by atoms with van der Waals surface area (Å²) in [5.74, 6) is 0.0583. The molecule has 0 fully saturated rings. The lowest BCUT2D eigenvalue weighted by molar-refractivity contribution is -0.113. The van der Waals surface area contributed by atoms with Gasteiger partial charge >= 0.3 is 0 Å². The highest BCUT2D eigenvalue weighted by Gasteiger charge is 2.17. The Morgan fingerprint density at radius 3 is 2.27 bits per heavy atom. The highest BCUT2D eigenvalue weighted by molar-refractivity contribution is 7.99. The van der Waals surface area contributed by atoms with E-state index in [4.69, 9.17) is 17.3 Å². The Morgan fingerprint density at radius 1 is 0.970 bits per heavy atom. The monoisotopic (exact) mass is 477 g/mol. The number of anilines is 1. The molecule has 0 saturated carbocycles. The Morgan fingerprint density at radius 2 is 1.64 bits per heavy atom. The van der Waals surface area contributed by atoms with Crippen LogP contribution >= 0.6 is 23.4 Å². The minimum atomic E-state index is -0.519. The van der Waals surface area contributed by atoms with Crippen molar-refractivity contribution in [1.29, 1.82) is 0 Å². The van der Waals surface area contributed by atoms with Gasteiger partial charge in [-0.05, 0) is 55.5 Å². The summed E-state index contributed by atoms with van der Waals surface area (Å²) in [4.78, 5) is 23.7. The first-order chi connectivity index (χ1) is 15.9. The zero-order chi connectivity index (χ0) is 23.4. The summed E-state index contributed by atoms with van der Waals surface area (Å²) in [6.45, 7) is 2.02. The van der Waals surface area contributed by atoms with Crippen molar-refractivity contribution < 1.29 is 9.59 Å². The highest BCUT2D eigenvalue weighted by Crippen LogP contribution is 2.29. The number of amides is 2. The molecule has 0 unspecified atom stereocenters. The number of hydrogen-bond donors (Lipinski definition) is 2. The van der Waals surface area contributed by atoms with Gasteiger partial charge in [0.15, 0.2) is 11.0 Å². The van der Waals surface area contributed by atoms with Crippen LogP contribution in [0.3, 0.4) is 0 Å². The van der Waals surface area contributed by atoms with Crippen LogP contribution in [0.15, 0.2) is 78.0 Å².